The summed E-state index contributed by atoms with van der Waals surface area (Å²) in [4.78, 5) is 19.1. The van der Waals surface area contributed by atoms with Gasteiger partial charge in [0.1, 0.15) is 5.56 Å². The fourth-order valence-electron chi connectivity index (χ4n) is 1.03. The van der Waals surface area contributed by atoms with E-state index in [4.69, 9.17) is 5.11 Å². The molecule has 0 bridgehead atoms. The first-order valence-electron chi connectivity index (χ1n) is 3.46. The van der Waals surface area contributed by atoms with Crippen LogP contribution in [0.15, 0.2) is 0 Å². The first-order chi connectivity index (χ1) is 6.49. The number of aliphatic hydroxyl groups excluding tert-OH is 1. The standard InChI is InChI=1S/C5H6N4O5/c1-3-4(8(11)12)6-7(2-10)5(3)9(13)14/h10H,2H2,1H3. The van der Waals surface area contributed by atoms with Gasteiger partial charge in [-0.25, -0.2) is 0 Å². The van der Waals surface area contributed by atoms with Gasteiger partial charge in [0.25, 0.3) is 0 Å². The van der Waals surface area contributed by atoms with Crippen LogP contribution in [0.3, 0.4) is 0 Å². The summed E-state index contributed by atoms with van der Waals surface area (Å²) in [5, 5.41) is 32.7. The van der Waals surface area contributed by atoms with Crippen molar-refractivity contribution in [3.05, 3.63) is 25.8 Å². The van der Waals surface area contributed by atoms with Crippen molar-refractivity contribution in [2.45, 2.75) is 13.7 Å². The van der Waals surface area contributed by atoms with Gasteiger partial charge in [-0.2, -0.15) is 0 Å². The van der Waals surface area contributed by atoms with E-state index < -0.39 is 28.2 Å². The van der Waals surface area contributed by atoms with Gasteiger partial charge in [0.2, 0.25) is 6.73 Å². The van der Waals surface area contributed by atoms with E-state index in [1.54, 1.807) is 0 Å². The maximum Gasteiger partial charge on any atom is 0.423 e. The van der Waals surface area contributed by atoms with Crippen LogP contribution in [-0.4, -0.2) is 24.7 Å². The van der Waals surface area contributed by atoms with Gasteiger partial charge < -0.3 is 25.3 Å². The van der Waals surface area contributed by atoms with Crippen LogP contribution in [0.2, 0.25) is 0 Å². The molecule has 9 heteroatoms. The molecule has 0 amide bonds. The zero-order chi connectivity index (χ0) is 10.9. The predicted octanol–water partition coefficient (Wildman–Crippen LogP) is -0.0423. The fourth-order valence-corrected chi connectivity index (χ4v) is 1.03. The topological polar surface area (TPSA) is 124 Å². The summed E-state index contributed by atoms with van der Waals surface area (Å²) in [6.07, 6.45) is 0. The molecule has 1 heterocycles. The fraction of sp³-hybridized carbons (Fsp3) is 0.400. The smallest absolute Gasteiger partial charge is 0.358 e. The molecule has 0 atom stereocenters. The van der Waals surface area contributed by atoms with Crippen molar-refractivity contribution in [1.29, 1.82) is 0 Å². The molecule has 0 aliphatic rings. The Morgan fingerprint density at radius 1 is 1.43 bits per heavy atom. The number of nitrogens with zero attached hydrogens (tertiary/aromatic N) is 4. The minimum Gasteiger partial charge on any atom is -0.358 e. The number of aliphatic hydroxyl groups is 1. The third-order valence-electron chi connectivity index (χ3n) is 1.61. The molecule has 1 N–H and O–H groups in total. The molecule has 0 spiro atoms. The Morgan fingerprint density at radius 3 is 2.29 bits per heavy atom. The van der Waals surface area contributed by atoms with Crippen molar-refractivity contribution in [2.24, 2.45) is 0 Å². The summed E-state index contributed by atoms with van der Waals surface area (Å²) in [6, 6.07) is 0. The van der Waals surface area contributed by atoms with E-state index in [9.17, 15) is 20.2 Å². The zero-order valence-corrected chi connectivity index (χ0v) is 7.08. The summed E-state index contributed by atoms with van der Waals surface area (Å²) < 4.78 is 0.563. The van der Waals surface area contributed by atoms with E-state index in [1.165, 1.54) is 6.92 Å². The van der Waals surface area contributed by atoms with Gasteiger partial charge in [0, 0.05) is 0 Å². The Balaban J connectivity index is 3.40. The second-order valence-corrected chi connectivity index (χ2v) is 2.43. The molecule has 0 radical (unpaired) electrons. The van der Waals surface area contributed by atoms with Gasteiger partial charge in [0.15, 0.2) is 5.10 Å². The second kappa shape index (κ2) is 3.38. The van der Waals surface area contributed by atoms with Gasteiger partial charge in [-0.05, 0) is 21.5 Å². The SMILES string of the molecule is Cc1c([N+](=O)[O-])nn(CO)c1[N+](=O)[O-]. The lowest BCUT2D eigenvalue weighted by atomic mass is 10.3. The molecule has 0 saturated heterocycles. The number of hydrogen-bond donors (Lipinski definition) is 1. The number of hydrogen-bond acceptors (Lipinski definition) is 6. The number of aromatic nitrogens is 2. The molecule has 0 aliphatic carbocycles. The highest BCUT2D eigenvalue weighted by atomic mass is 16.6. The lowest BCUT2D eigenvalue weighted by molar-refractivity contribution is -0.396. The van der Waals surface area contributed by atoms with Gasteiger partial charge in [-0.1, -0.05) is 0 Å². The van der Waals surface area contributed by atoms with Gasteiger partial charge in [-0.3, -0.25) is 0 Å². The summed E-state index contributed by atoms with van der Waals surface area (Å²) in [7, 11) is 0. The molecule has 9 nitrogen and oxygen atoms in total. The molecule has 0 aromatic carbocycles. The normalized spacial score (nSPS) is 10.1. The van der Waals surface area contributed by atoms with E-state index in [-0.39, 0.29) is 5.56 Å². The summed E-state index contributed by atoms with van der Waals surface area (Å²) >= 11 is 0. The lowest BCUT2D eigenvalue weighted by Crippen LogP contribution is -2.04. The maximum atomic E-state index is 10.4. The van der Waals surface area contributed by atoms with Crippen molar-refractivity contribution in [3.63, 3.8) is 0 Å². The molecule has 76 valence electrons. The third kappa shape index (κ3) is 1.40. The quantitative estimate of drug-likeness (QED) is 0.541. The molecule has 1 aromatic rings. The van der Waals surface area contributed by atoms with Crippen LogP contribution in [-0.2, 0) is 6.73 Å². The first-order valence-corrected chi connectivity index (χ1v) is 3.46. The number of nitro groups is 2. The minimum atomic E-state index is -0.839. The van der Waals surface area contributed by atoms with E-state index in [0.29, 0.717) is 4.68 Å². The third-order valence-corrected chi connectivity index (χ3v) is 1.61. The second-order valence-electron chi connectivity index (χ2n) is 2.43. The number of rotatable bonds is 3. The van der Waals surface area contributed by atoms with E-state index in [1.807, 2.05) is 0 Å². The van der Waals surface area contributed by atoms with Crippen molar-refractivity contribution in [1.82, 2.24) is 9.78 Å². The van der Waals surface area contributed by atoms with Crippen LogP contribution in [0.1, 0.15) is 5.56 Å². The van der Waals surface area contributed by atoms with E-state index >= 15 is 0 Å². The van der Waals surface area contributed by atoms with Crippen LogP contribution in [0.4, 0.5) is 11.6 Å². The predicted molar refractivity (Wildman–Crippen MR) is 42.5 cm³/mol. The van der Waals surface area contributed by atoms with Crippen LogP contribution < -0.4 is 0 Å². The van der Waals surface area contributed by atoms with Gasteiger partial charge in [-0.15, -0.1) is 0 Å². The highest BCUT2D eigenvalue weighted by Gasteiger charge is 2.33. The van der Waals surface area contributed by atoms with Gasteiger partial charge in [0.05, 0.1) is 0 Å². The highest BCUT2D eigenvalue weighted by molar-refractivity contribution is 5.44. The van der Waals surface area contributed by atoms with Crippen LogP contribution in [0, 0.1) is 27.2 Å². The molecule has 0 aliphatic heterocycles. The average molecular weight is 202 g/mol. The first kappa shape index (κ1) is 10.1. The van der Waals surface area contributed by atoms with Crippen LogP contribution in [0.5, 0.6) is 0 Å². The molecule has 1 aromatic heterocycles. The molecule has 1 rings (SSSR count). The largest absolute Gasteiger partial charge is 0.423 e. The Kier molecular flexibility index (Phi) is 2.42. The van der Waals surface area contributed by atoms with Crippen LogP contribution >= 0.6 is 0 Å². The molecule has 0 saturated carbocycles. The summed E-state index contributed by atoms with van der Waals surface area (Å²) in [5.74, 6) is -1.19. The molecule has 14 heavy (non-hydrogen) atoms. The lowest BCUT2D eigenvalue weighted by Gasteiger charge is -1.91. The van der Waals surface area contributed by atoms with E-state index in [0.717, 1.165) is 0 Å². The van der Waals surface area contributed by atoms with Crippen molar-refractivity contribution < 1.29 is 15.0 Å². The van der Waals surface area contributed by atoms with Crippen molar-refractivity contribution >= 4 is 11.6 Å². The molecular formula is C5H6N4O5. The molecular weight excluding hydrogens is 196 g/mol. The Hall–Kier alpha value is -2.03. The maximum absolute atomic E-state index is 10.4. The Bertz CT molecular complexity index is 397. The molecule has 0 fully saturated rings. The van der Waals surface area contributed by atoms with E-state index in [2.05, 4.69) is 5.10 Å². The zero-order valence-electron chi connectivity index (χ0n) is 7.08. The summed E-state index contributed by atoms with van der Waals surface area (Å²) in [6.45, 7) is 0.431. The minimum absolute atomic E-state index is 0.172. The Labute approximate surface area is 76.9 Å². The van der Waals surface area contributed by atoms with Gasteiger partial charge >= 0.3 is 11.6 Å². The summed E-state index contributed by atoms with van der Waals surface area (Å²) in [5.41, 5.74) is -0.172. The molecule has 0 unspecified atom stereocenters. The average Bonchev–Trinajstić information content (AvgIpc) is 2.42. The van der Waals surface area contributed by atoms with Crippen molar-refractivity contribution in [3.8, 4) is 0 Å². The monoisotopic (exact) mass is 202 g/mol. The van der Waals surface area contributed by atoms with Crippen molar-refractivity contribution in [2.75, 3.05) is 0 Å². The highest BCUT2D eigenvalue weighted by Crippen LogP contribution is 2.25. The Morgan fingerprint density at radius 2 is 2.00 bits per heavy atom. The van der Waals surface area contributed by atoms with Crippen LogP contribution in [0.25, 0.3) is 0 Å².